The van der Waals surface area contributed by atoms with E-state index in [0.29, 0.717) is 16.9 Å². The zero-order valence-electron chi connectivity index (χ0n) is 16.4. The lowest BCUT2D eigenvalue weighted by molar-refractivity contribution is -0.124. The number of benzene rings is 1. The average molecular weight is 374 g/mol. The Bertz CT molecular complexity index is 921. The van der Waals surface area contributed by atoms with E-state index in [9.17, 15) is 9.59 Å². The van der Waals surface area contributed by atoms with Gasteiger partial charge in [0.25, 0.3) is 5.91 Å². The van der Waals surface area contributed by atoms with E-state index in [1.807, 2.05) is 27.0 Å². The Morgan fingerprint density at radius 2 is 2.00 bits per heavy atom. The van der Waals surface area contributed by atoms with Crippen LogP contribution in [0.1, 0.15) is 16.7 Å². The summed E-state index contributed by atoms with van der Waals surface area (Å²) in [4.78, 5) is 26.4. The van der Waals surface area contributed by atoms with E-state index >= 15 is 0 Å². The van der Waals surface area contributed by atoms with Gasteiger partial charge in [-0.05, 0) is 51.1 Å². The second-order valence-electron chi connectivity index (χ2n) is 7.23. The fourth-order valence-corrected chi connectivity index (χ4v) is 3.53. The first-order valence-electron chi connectivity index (χ1n) is 8.98. The van der Waals surface area contributed by atoms with Gasteiger partial charge >= 0.3 is 5.63 Å². The van der Waals surface area contributed by atoms with Crippen molar-refractivity contribution in [1.82, 2.24) is 10.2 Å². The first kappa shape index (κ1) is 19.4. The number of carbonyl (C=O) groups excluding carboxylic acids is 1. The predicted octanol–water partition coefficient (Wildman–Crippen LogP) is 1.54. The summed E-state index contributed by atoms with van der Waals surface area (Å²) in [6.45, 7) is 6.86. The van der Waals surface area contributed by atoms with Crippen LogP contribution in [0.5, 0.6) is 5.75 Å². The summed E-state index contributed by atoms with van der Waals surface area (Å²) in [6.07, 6.45) is -0.0297. The Labute approximate surface area is 158 Å². The topological polar surface area (TPSA) is 81.0 Å². The van der Waals surface area contributed by atoms with Crippen molar-refractivity contribution in [2.45, 2.75) is 32.9 Å². The van der Waals surface area contributed by atoms with Gasteiger partial charge in [0.05, 0.1) is 17.5 Å². The van der Waals surface area contributed by atoms with Gasteiger partial charge in [0.1, 0.15) is 11.3 Å². The van der Waals surface area contributed by atoms with Gasteiger partial charge in [-0.25, -0.2) is 4.79 Å². The molecular weight excluding hydrogens is 348 g/mol. The van der Waals surface area contributed by atoms with Gasteiger partial charge in [-0.1, -0.05) is 0 Å². The summed E-state index contributed by atoms with van der Waals surface area (Å²) in [5.41, 5.74) is 2.34. The van der Waals surface area contributed by atoms with Crippen LogP contribution in [0.2, 0.25) is 0 Å². The Morgan fingerprint density at radius 1 is 1.26 bits per heavy atom. The molecule has 0 bridgehead atoms. The third-order valence-corrected chi connectivity index (χ3v) is 5.11. The summed E-state index contributed by atoms with van der Waals surface area (Å²) in [6, 6.07) is 3.59. The zero-order valence-corrected chi connectivity index (χ0v) is 16.4. The smallest absolute Gasteiger partial charge is 0.339 e. The average Bonchev–Trinajstić information content (AvgIpc) is 2.96. The highest BCUT2D eigenvalue weighted by Gasteiger charge is 2.32. The van der Waals surface area contributed by atoms with E-state index in [-0.39, 0.29) is 30.3 Å². The van der Waals surface area contributed by atoms with Gasteiger partial charge in [-0.3, -0.25) is 4.79 Å². The van der Waals surface area contributed by atoms with E-state index in [0.717, 1.165) is 29.6 Å². The van der Waals surface area contributed by atoms with Gasteiger partial charge in [-0.15, -0.1) is 0 Å². The zero-order chi connectivity index (χ0) is 19.7. The molecule has 1 aromatic carbocycles. The number of rotatable bonds is 5. The number of likely N-dealkylation sites (N-methyl/N-ethyl adjacent to an activating group) is 1. The molecule has 7 nitrogen and oxygen atoms in total. The van der Waals surface area contributed by atoms with Crippen LogP contribution in [-0.4, -0.2) is 56.8 Å². The van der Waals surface area contributed by atoms with Crippen LogP contribution in [0.25, 0.3) is 11.0 Å². The summed E-state index contributed by atoms with van der Waals surface area (Å²) >= 11 is 0. The van der Waals surface area contributed by atoms with E-state index in [4.69, 9.17) is 13.9 Å². The molecule has 1 aromatic heterocycles. The van der Waals surface area contributed by atoms with Crippen molar-refractivity contribution < 1.29 is 18.7 Å². The SMILES string of the molecule is CO[C@H]1CN(C)C[C@@H]1NC(=O)COc1cc(C)cc2oc(=O)c(C)c(C)c12. The highest BCUT2D eigenvalue weighted by Crippen LogP contribution is 2.30. The monoisotopic (exact) mass is 374 g/mol. The first-order valence-corrected chi connectivity index (χ1v) is 8.98. The molecule has 27 heavy (non-hydrogen) atoms. The Balaban J connectivity index is 1.78. The highest BCUT2D eigenvalue weighted by molar-refractivity contribution is 5.88. The quantitative estimate of drug-likeness (QED) is 0.800. The molecule has 7 heteroatoms. The van der Waals surface area contributed by atoms with Crippen LogP contribution in [0.3, 0.4) is 0 Å². The molecule has 1 aliphatic rings. The number of hydrogen-bond donors (Lipinski definition) is 1. The summed E-state index contributed by atoms with van der Waals surface area (Å²) in [7, 11) is 3.64. The van der Waals surface area contributed by atoms with Gasteiger partial charge in [-0.2, -0.15) is 0 Å². The second kappa shape index (κ2) is 7.70. The standard InChI is InChI=1S/C20H26N2O5/c1-11-6-15(19-12(2)13(3)20(24)27-16(19)7-11)26-10-18(23)21-14-8-22(4)9-17(14)25-5/h6-7,14,17H,8-10H2,1-5H3,(H,21,23)/t14-,17-/m0/s1. The van der Waals surface area contributed by atoms with Crippen LogP contribution in [0.4, 0.5) is 0 Å². The molecular formula is C20H26N2O5. The minimum atomic E-state index is -0.356. The van der Waals surface area contributed by atoms with Crippen LogP contribution >= 0.6 is 0 Å². The van der Waals surface area contributed by atoms with E-state index in [2.05, 4.69) is 10.2 Å². The van der Waals surface area contributed by atoms with Gasteiger partial charge in [0.2, 0.25) is 0 Å². The van der Waals surface area contributed by atoms with Crippen molar-refractivity contribution in [3.63, 3.8) is 0 Å². The third kappa shape index (κ3) is 3.99. The predicted molar refractivity (Wildman–Crippen MR) is 102 cm³/mol. The first-order chi connectivity index (χ1) is 12.8. The maximum Gasteiger partial charge on any atom is 0.339 e. The molecule has 2 aromatic rings. The molecule has 1 N–H and O–H groups in total. The van der Waals surface area contributed by atoms with Crippen LogP contribution < -0.4 is 15.7 Å². The number of likely N-dealkylation sites (tertiary alicyclic amines) is 1. The summed E-state index contributed by atoms with van der Waals surface area (Å²) in [5, 5.41) is 3.70. The van der Waals surface area contributed by atoms with Crippen molar-refractivity contribution >= 4 is 16.9 Å². The lowest BCUT2D eigenvalue weighted by atomic mass is 10.0. The van der Waals surface area contributed by atoms with Crippen molar-refractivity contribution in [3.8, 4) is 5.75 Å². The molecule has 0 radical (unpaired) electrons. The summed E-state index contributed by atoms with van der Waals surface area (Å²) in [5.74, 6) is 0.329. The minimum Gasteiger partial charge on any atom is -0.483 e. The Morgan fingerprint density at radius 3 is 2.70 bits per heavy atom. The maximum absolute atomic E-state index is 12.4. The van der Waals surface area contributed by atoms with E-state index in [1.165, 1.54) is 0 Å². The molecule has 0 spiro atoms. The molecule has 2 atom stereocenters. The molecule has 2 heterocycles. The van der Waals surface area contributed by atoms with Crippen LogP contribution in [0, 0.1) is 20.8 Å². The minimum absolute atomic E-state index is 0.0297. The largest absolute Gasteiger partial charge is 0.483 e. The van der Waals surface area contributed by atoms with Gasteiger partial charge in [0.15, 0.2) is 6.61 Å². The van der Waals surface area contributed by atoms with Crippen molar-refractivity contribution in [2.24, 2.45) is 0 Å². The maximum atomic E-state index is 12.4. The molecule has 146 valence electrons. The number of fused-ring (bicyclic) bond motifs is 1. The molecule has 1 amide bonds. The molecule has 0 aliphatic carbocycles. The van der Waals surface area contributed by atoms with Crippen LogP contribution in [-0.2, 0) is 9.53 Å². The van der Waals surface area contributed by atoms with Gasteiger partial charge in [0, 0.05) is 25.8 Å². The number of methoxy groups -OCH3 is 1. The fourth-order valence-electron chi connectivity index (χ4n) is 3.53. The number of nitrogens with zero attached hydrogens (tertiary/aromatic N) is 1. The summed E-state index contributed by atoms with van der Waals surface area (Å²) < 4.78 is 16.6. The van der Waals surface area contributed by atoms with Gasteiger partial charge < -0.3 is 24.1 Å². The number of nitrogens with one attached hydrogen (secondary N) is 1. The molecule has 3 rings (SSSR count). The van der Waals surface area contributed by atoms with Crippen LogP contribution in [0.15, 0.2) is 21.3 Å². The molecule has 1 aliphatic heterocycles. The molecule has 1 fully saturated rings. The van der Waals surface area contributed by atoms with Crippen molar-refractivity contribution in [1.29, 1.82) is 0 Å². The number of aryl methyl sites for hydroxylation is 2. The van der Waals surface area contributed by atoms with E-state index in [1.54, 1.807) is 20.1 Å². The lowest BCUT2D eigenvalue weighted by Crippen LogP contribution is -2.45. The number of carbonyl (C=O) groups is 1. The van der Waals surface area contributed by atoms with Crippen molar-refractivity contribution in [3.05, 3.63) is 39.2 Å². The Kier molecular flexibility index (Phi) is 5.53. The normalized spacial score (nSPS) is 20.2. The number of ether oxygens (including phenoxy) is 2. The Hall–Kier alpha value is -2.38. The second-order valence-corrected chi connectivity index (χ2v) is 7.23. The lowest BCUT2D eigenvalue weighted by Gasteiger charge is -2.19. The van der Waals surface area contributed by atoms with E-state index < -0.39 is 0 Å². The van der Waals surface area contributed by atoms with Crippen molar-refractivity contribution in [2.75, 3.05) is 33.9 Å². The molecule has 0 unspecified atom stereocenters. The number of hydrogen-bond acceptors (Lipinski definition) is 6. The number of amides is 1. The fraction of sp³-hybridized carbons (Fsp3) is 0.500. The third-order valence-electron chi connectivity index (χ3n) is 5.11. The molecule has 1 saturated heterocycles. The highest BCUT2D eigenvalue weighted by atomic mass is 16.5. The molecule has 0 saturated carbocycles.